The predicted molar refractivity (Wildman–Crippen MR) is 106 cm³/mol. The van der Waals surface area contributed by atoms with Gasteiger partial charge < -0.3 is 10.2 Å². The Morgan fingerprint density at radius 1 is 0.680 bits per heavy atom. The summed E-state index contributed by atoms with van der Waals surface area (Å²) in [6, 6.07) is 14.2. The zero-order chi connectivity index (χ0) is 18.4. The Balaban J connectivity index is 2.54. The summed E-state index contributed by atoms with van der Waals surface area (Å²) in [5.74, 6) is 6.72. The van der Waals surface area contributed by atoms with Gasteiger partial charge in [0.2, 0.25) is 8.07 Å². The first-order valence-electron chi connectivity index (χ1n) is 8.49. The zero-order valence-corrected chi connectivity index (χ0v) is 16.2. The smallest absolute Gasteiger partial charge is 0.222 e. The lowest BCUT2D eigenvalue weighted by atomic mass is 10.2. The monoisotopic (exact) mass is 348 g/mol. The minimum Gasteiger partial charge on any atom is -0.507 e. The van der Waals surface area contributed by atoms with E-state index < -0.39 is 8.07 Å². The molecule has 0 amide bonds. The quantitative estimate of drug-likeness (QED) is 0.602. The Morgan fingerprint density at radius 3 is 1.36 bits per heavy atom. The fourth-order valence-electron chi connectivity index (χ4n) is 2.78. The number of aromatic hydroxyl groups is 2. The number of hydrogen-bond donors (Lipinski definition) is 2. The van der Waals surface area contributed by atoms with Gasteiger partial charge in [0, 0.05) is 0 Å². The molecule has 0 atom stereocenters. The molecule has 0 aliphatic carbocycles. The van der Waals surface area contributed by atoms with Gasteiger partial charge in [0.05, 0.1) is 11.1 Å². The summed E-state index contributed by atoms with van der Waals surface area (Å²) >= 11 is 0. The van der Waals surface area contributed by atoms with Crippen LogP contribution in [0.25, 0.3) is 0 Å². The van der Waals surface area contributed by atoms with Crippen molar-refractivity contribution >= 4 is 8.07 Å². The third kappa shape index (κ3) is 4.27. The molecular weight excluding hydrogens is 324 g/mol. The maximum Gasteiger partial charge on any atom is 0.222 e. The van der Waals surface area contributed by atoms with E-state index in [2.05, 4.69) is 50.6 Å². The van der Waals surface area contributed by atoms with Crippen molar-refractivity contribution in [3.05, 3.63) is 59.7 Å². The van der Waals surface area contributed by atoms with Gasteiger partial charge in [0.25, 0.3) is 0 Å². The molecule has 2 aromatic rings. The van der Waals surface area contributed by atoms with Gasteiger partial charge in [0.15, 0.2) is 0 Å². The number of phenolic OH excluding ortho intramolecular Hbond substituents is 2. The lowest BCUT2D eigenvalue weighted by Crippen LogP contribution is -2.39. The molecule has 0 fully saturated rings. The van der Waals surface area contributed by atoms with E-state index in [0.29, 0.717) is 22.2 Å². The lowest BCUT2D eigenvalue weighted by molar-refractivity contribution is 0.473. The average Bonchev–Trinajstić information content (AvgIpc) is 2.57. The van der Waals surface area contributed by atoms with Gasteiger partial charge in [0.1, 0.15) is 11.5 Å². The van der Waals surface area contributed by atoms with Gasteiger partial charge in [-0.25, -0.2) is 0 Å². The van der Waals surface area contributed by atoms with E-state index in [1.807, 2.05) is 24.3 Å². The molecule has 0 saturated carbocycles. The van der Waals surface area contributed by atoms with Crippen molar-refractivity contribution < 1.29 is 10.2 Å². The van der Waals surface area contributed by atoms with Crippen LogP contribution < -0.4 is 0 Å². The Hall–Kier alpha value is -2.62. The van der Waals surface area contributed by atoms with Crippen molar-refractivity contribution in [2.24, 2.45) is 0 Å². The molecule has 2 nitrogen and oxygen atoms in total. The SMILES string of the molecule is CC(C)[Si](C#Cc1ccccc1O)(C#Cc1ccccc1O)C(C)C. The molecule has 0 saturated heterocycles. The molecule has 25 heavy (non-hydrogen) atoms. The van der Waals surface area contributed by atoms with Crippen LogP contribution in [-0.4, -0.2) is 18.3 Å². The van der Waals surface area contributed by atoms with Gasteiger partial charge in [-0.1, -0.05) is 63.8 Å². The molecule has 2 N–H and O–H groups in total. The number of para-hydroxylation sites is 2. The minimum absolute atomic E-state index is 0.194. The highest BCUT2D eigenvalue weighted by molar-refractivity contribution is 6.96. The molecule has 3 heteroatoms. The van der Waals surface area contributed by atoms with Gasteiger partial charge in [-0.3, -0.25) is 0 Å². The van der Waals surface area contributed by atoms with Crippen LogP contribution in [0.15, 0.2) is 48.5 Å². The van der Waals surface area contributed by atoms with Crippen LogP contribution in [-0.2, 0) is 0 Å². The number of benzene rings is 2. The third-order valence-electron chi connectivity index (χ3n) is 4.44. The summed E-state index contributed by atoms with van der Waals surface area (Å²) in [5, 5.41) is 19.9. The highest BCUT2D eigenvalue weighted by Gasteiger charge is 2.37. The molecule has 128 valence electrons. The Morgan fingerprint density at radius 2 is 1.04 bits per heavy atom. The first-order chi connectivity index (χ1) is 11.9. The molecular formula is C22H24O2Si. The zero-order valence-electron chi connectivity index (χ0n) is 15.2. The second-order valence-electron chi connectivity index (χ2n) is 6.71. The van der Waals surface area contributed by atoms with Crippen LogP contribution in [0.4, 0.5) is 0 Å². The van der Waals surface area contributed by atoms with Crippen LogP contribution in [0.5, 0.6) is 11.5 Å². The molecule has 0 aliphatic rings. The van der Waals surface area contributed by atoms with Gasteiger partial charge in [-0.05, 0) is 35.3 Å². The van der Waals surface area contributed by atoms with E-state index in [9.17, 15) is 10.2 Å². The predicted octanol–water partition coefficient (Wildman–Crippen LogP) is 4.85. The topological polar surface area (TPSA) is 40.5 Å². The van der Waals surface area contributed by atoms with Crippen LogP contribution >= 0.6 is 0 Å². The van der Waals surface area contributed by atoms with Crippen molar-refractivity contribution in [3.8, 4) is 34.4 Å². The second kappa shape index (κ2) is 7.97. The van der Waals surface area contributed by atoms with E-state index in [-0.39, 0.29) is 11.5 Å². The van der Waals surface area contributed by atoms with E-state index in [4.69, 9.17) is 0 Å². The molecule has 0 bridgehead atoms. The van der Waals surface area contributed by atoms with Crippen LogP contribution in [0.2, 0.25) is 11.1 Å². The normalized spacial score (nSPS) is 10.8. The van der Waals surface area contributed by atoms with Crippen molar-refractivity contribution in [2.75, 3.05) is 0 Å². The maximum absolute atomic E-state index is 9.97. The summed E-state index contributed by atoms with van der Waals surface area (Å²) in [5.41, 5.74) is 8.81. The Bertz CT molecular complexity index is 787. The van der Waals surface area contributed by atoms with Crippen LogP contribution in [0, 0.1) is 22.9 Å². The maximum atomic E-state index is 9.97. The first kappa shape index (κ1) is 18.7. The second-order valence-corrected chi connectivity index (χ2v) is 11.3. The van der Waals surface area contributed by atoms with Crippen molar-refractivity contribution in [1.29, 1.82) is 0 Å². The molecule has 0 aromatic heterocycles. The van der Waals surface area contributed by atoms with Crippen LogP contribution in [0.3, 0.4) is 0 Å². The van der Waals surface area contributed by atoms with Crippen molar-refractivity contribution in [1.82, 2.24) is 0 Å². The van der Waals surface area contributed by atoms with Gasteiger partial charge in [-0.15, -0.1) is 11.1 Å². The van der Waals surface area contributed by atoms with E-state index >= 15 is 0 Å². The number of phenols is 2. The molecule has 2 rings (SSSR count). The Kier molecular flexibility index (Phi) is 5.96. The largest absolute Gasteiger partial charge is 0.507 e. The summed E-state index contributed by atoms with van der Waals surface area (Å²) in [7, 11) is -2.31. The fourth-order valence-corrected chi connectivity index (χ4v) is 6.01. The molecule has 0 spiro atoms. The summed E-state index contributed by atoms with van der Waals surface area (Å²) in [6.45, 7) is 8.63. The summed E-state index contributed by atoms with van der Waals surface area (Å²) in [4.78, 5) is 0. The Labute approximate surface area is 151 Å². The number of hydrogen-bond acceptors (Lipinski definition) is 2. The minimum atomic E-state index is -2.31. The molecule has 2 aromatic carbocycles. The van der Waals surface area contributed by atoms with Crippen molar-refractivity contribution in [2.45, 2.75) is 38.8 Å². The highest BCUT2D eigenvalue weighted by atomic mass is 28.3. The summed E-state index contributed by atoms with van der Waals surface area (Å²) < 4.78 is 0. The molecule has 0 aliphatic heterocycles. The van der Waals surface area contributed by atoms with E-state index in [0.717, 1.165) is 0 Å². The standard InChI is InChI=1S/C22H24O2Si/c1-17(2)25(18(3)4,15-13-19-9-5-7-11-21(19)23)16-14-20-10-6-8-12-22(20)24/h5-12,17-18,23-24H,1-4H3. The third-order valence-corrected chi connectivity index (χ3v) is 9.16. The van der Waals surface area contributed by atoms with Gasteiger partial charge in [-0.2, -0.15) is 0 Å². The van der Waals surface area contributed by atoms with E-state index in [1.54, 1.807) is 24.3 Å². The first-order valence-corrected chi connectivity index (χ1v) is 10.6. The average molecular weight is 349 g/mol. The highest BCUT2D eigenvalue weighted by Crippen LogP contribution is 2.32. The molecule has 0 heterocycles. The van der Waals surface area contributed by atoms with Crippen LogP contribution in [0.1, 0.15) is 38.8 Å². The fraction of sp³-hybridized carbons (Fsp3) is 0.273. The number of rotatable bonds is 2. The molecule has 0 radical (unpaired) electrons. The van der Waals surface area contributed by atoms with Gasteiger partial charge >= 0.3 is 0 Å². The van der Waals surface area contributed by atoms with E-state index in [1.165, 1.54) is 0 Å². The van der Waals surface area contributed by atoms with Crippen molar-refractivity contribution in [3.63, 3.8) is 0 Å². The summed E-state index contributed by atoms with van der Waals surface area (Å²) in [6.07, 6.45) is 0. The molecule has 0 unspecified atom stereocenters. The lowest BCUT2D eigenvalue weighted by Gasteiger charge is -2.28.